The van der Waals surface area contributed by atoms with Crippen molar-refractivity contribution in [3.63, 3.8) is 0 Å². The highest BCUT2D eigenvalue weighted by Crippen LogP contribution is 2.45. The standard InChI is InChI=1S/C16H9BBr3F3N2O/c1-26-11-5-2-8(18)14(16(11)21)15-9-3-6-12(19)24(9)17(22,23)25-10(15)4-7-13(25)20/h2-7H,1H3. The molecule has 10 heteroatoms. The molecule has 0 spiro atoms. The van der Waals surface area contributed by atoms with Crippen LogP contribution in [0.25, 0.3) is 5.57 Å². The summed E-state index contributed by atoms with van der Waals surface area (Å²) < 4.78 is 53.2. The zero-order valence-electron chi connectivity index (χ0n) is 13.1. The monoisotopic (exact) mass is 550 g/mol. The summed E-state index contributed by atoms with van der Waals surface area (Å²) in [5.41, 5.74) is 0.937. The molecule has 2 aromatic rings. The lowest BCUT2D eigenvalue weighted by Gasteiger charge is -2.32. The number of aromatic nitrogens is 1. The molecule has 0 aliphatic carbocycles. The van der Waals surface area contributed by atoms with Crippen LogP contribution in [0.2, 0.25) is 0 Å². The first-order valence-corrected chi connectivity index (χ1v) is 9.83. The Bertz CT molecular complexity index is 1060. The Morgan fingerprint density at radius 2 is 1.81 bits per heavy atom. The quantitative estimate of drug-likeness (QED) is 0.448. The van der Waals surface area contributed by atoms with Crippen LogP contribution in [0.1, 0.15) is 11.3 Å². The predicted octanol–water partition coefficient (Wildman–Crippen LogP) is 5.53. The first-order chi connectivity index (χ1) is 12.3. The molecule has 134 valence electrons. The number of fused-ring (bicyclic) bond motifs is 2. The average Bonchev–Trinajstić information content (AvgIpc) is 3.15. The van der Waals surface area contributed by atoms with Crippen molar-refractivity contribution in [3.05, 3.63) is 68.3 Å². The Morgan fingerprint density at radius 3 is 2.50 bits per heavy atom. The molecule has 0 saturated carbocycles. The molecule has 0 fully saturated rings. The molecule has 0 bridgehead atoms. The smallest absolute Gasteiger partial charge is 0.494 e. The van der Waals surface area contributed by atoms with E-state index in [1.54, 1.807) is 18.2 Å². The normalized spacial score (nSPS) is 17.7. The Labute approximate surface area is 172 Å². The van der Waals surface area contributed by atoms with Crippen molar-refractivity contribution in [2.45, 2.75) is 0 Å². The van der Waals surface area contributed by atoms with Crippen molar-refractivity contribution in [1.29, 1.82) is 0 Å². The van der Waals surface area contributed by atoms with E-state index in [0.29, 0.717) is 10.0 Å². The lowest BCUT2D eigenvalue weighted by molar-refractivity contribution is -0.358. The highest BCUT2D eigenvalue weighted by molar-refractivity contribution is 9.18. The summed E-state index contributed by atoms with van der Waals surface area (Å²) in [5.74, 6) is -0.588. The van der Waals surface area contributed by atoms with Crippen molar-refractivity contribution in [2.75, 3.05) is 7.11 Å². The molecule has 3 nitrogen and oxygen atoms in total. The van der Waals surface area contributed by atoms with E-state index in [1.165, 1.54) is 25.3 Å². The van der Waals surface area contributed by atoms with Crippen molar-refractivity contribution in [3.8, 4) is 5.75 Å². The SMILES string of the molecule is COc1ccc(Br)c(C2=C3C=CC(Br)=[N+]3[B-](F)(F)n3c(Br)ccc32)c1F. The molecule has 0 amide bonds. The second-order valence-corrected chi connectivity index (χ2v) is 8.20. The second-order valence-electron chi connectivity index (χ2n) is 5.72. The van der Waals surface area contributed by atoms with Crippen LogP contribution in [0, 0.1) is 5.82 Å². The van der Waals surface area contributed by atoms with Gasteiger partial charge in [-0.25, -0.2) is 4.39 Å². The summed E-state index contributed by atoms with van der Waals surface area (Å²) in [6.45, 7) is -4.15. The number of hydrogen-bond donors (Lipinski definition) is 0. The number of halogens is 6. The van der Waals surface area contributed by atoms with Crippen molar-refractivity contribution >= 4 is 65.0 Å². The third-order valence-electron chi connectivity index (χ3n) is 4.40. The van der Waals surface area contributed by atoms with Crippen LogP contribution in [0.5, 0.6) is 5.75 Å². The van der Waals surface area contributed by atoms with Crippen molar-refractivity contribution in [2.24, 2.45) is 0 Å². The fraction of sp³-hybridized carbons (Fsp3) is 0.0625. The third-order valence-corrected chi connectivity index (χ3v) is 6.35. The molecule has 0 N–H and O–H groups in total. The maximum absolute atomic E-state index is 15.2. The third kappa shape index (κ3) is 2.34. The minimum Gasteiger partial charge on any atom is -0.494 e. The van der Waals surface area contributed by atoms with Crippen LogP contribution in [0.3, 0.4) is 0 Å². The molecule has 0 saturated heterocycles. The molecule has 2 aliphatic heterocycles. The van der Waals surface area contributed by atoms with Crippen LogP contribution >= 0.6 is 47.8 Å². The van der Waals surface area contributed by atoms with Gasteiger partial charge in [0.2, 0.25) is 4.62 Å². The van der Waals surface area contributed by atoms with Gasteiger partial charge in [-0.05, 0) is 40.2 Å². The van der Waals surface area contributed by atoms with Crippen molar-refractivity contribution in [1.82, 2.24) is 4.48 Å². The van der Waals surface area contributed by atoms with E-state index in [2.05, 4.69) is 47.8 Å². The Hall–Kier alpha value is -1.26. The van der Waals surface area contributed by atoms with E-state index in [0.717, 1.165) is 8.96 Å². The van der Waals surface area contributed by atoms with Gasteiger partial charge in [-0.15, -0.1) is 0 Å². The van der Waals surface area contributed by atoms with Gasteiger partial charge in [-0.2, -0.15) is 0 Å². The highest BCUT2D eigenvalue weighted by atomic mass is 79.9. The van der Waals surface area contributed by atoms with E-state index >= 15 is 13.0 Å². The van der Waals surface area contributed by atoms with Gasteiger partial charge in [0.25, 0.3) is 0 Å². The van der Waals surface area contributed by atoms with E-state index in [4.69, 9.17) is 4.74 Å². The van der Waals surface area contributed by atoms with Crippen LogP contribution in [0.15, 0.2) is 51.2 Å². The summed E-state index contributed by atoms with van der Waals surface area (Å²) in [6.07, 6.45) is 3.07. The van der Waals surface area contributed by atoms with Gasteiger partial charge in [0.05, 0.1) is 17.3 Å². The van der Waals surface area contributed by atoms with Crippen LogP contribution in [-0.2, 0) is 0 Å². The van der Waals surface area contributed by atoms with E-state index in [1.807, 2.05) is 0 Å². The largest absolute Gasteiger partial charge is 0.738 e. The fourth-order valence-electron chi connectivity index (χ4n) is 3.31. The minimum absolute atomic E-state index is 0.0351. The summed E-state index contributed by atoms with van der Waals surface area (Å²) >= 11 is 9.72. The Balaban J connectivity index is 2.16. The van der Waals surface area contributed by atoms with Gasteiger partial charge in [-0.1, -0.05) is 15.9 Å². The molecular weight excluding hydrogens is 544 g/mol. The number of nitrogens with zero attached hydrogens (tertiary/aromatic N) is 2. The molecule has 4 rings (SSSR count). The molecule has 0 unspecified atom stereocenters. The molecule has 1 aromatic carbocycles. The Morgan fingerprint density at radius 1 is 1.08 bits per heavy atom. The molecule has 1 aromatic heterocycles. The summed E-state index contributed by atoms with van der Waals surface area (Å²) in [7, 11) is 1.36. The number of ether oxygens (including phenoxy) is 1. The highest BCUT2D eigenvalue weighted by Gasteiger charge is 2.54. The topological polar surface area (TPSA) is 17.2 Å². The van der Waals surface area contributed by atoms with Crippen molar-refractivity contribution < 1.29 is 22.2 Å². The molecule has 0 atom stereocenters. The van der Waals surface area contributed by atoms with Gasteiger partial charge in [-0.3, -0.25) is 0 Å². The lowest BCUT2D eigenvalue weighted by atomic mass is 9.86. The zero-order valence-corrected chi connectivity index (χ0v) is 17.9. The first-order valence-electron chi connectivity index (χ1n) is 7.45. The number of allylic oxidation sites excluding steroid dienone is 2. The second kappa shape index (κ2) is 6.14. The molecule has 3 heterocycles. The van der Waals surface area contributed by atoms with Gasteiger partial charge in [0.1, 0.15) is 0 Å². The van der Waals surface area contributed by atoms with Crippen LogP contribution < -0.4 is 4.74 Å². The van der Waals surface area contributed by atoms with Gasteiger partial charge < -0.3 is 22.3 Å². The first kappa shape index (κ1) is 18.1. The average molecular weight is 553 g/mol. The maximum Gasteiger partial charge on any atom is 0.738 e. The number of methoxy groups -OCH3 is 1. The lowest BCUT2D eigenvalue weighted by Crippen LogP contribution is -2.50. The molecular formula is C16H9BBr3F3N2O. The fourth-order valence-corrected chi connectivity index (χ4v) is 4.95. The number of benzene rings is 1. The minimum atomic E-state index is -4.15. The summed E-state index contributed by atoms with van der Waals surface area (Å²) in [5, 5.41) is 0. The molecule has 2 aliphatic rings. The number of hydrogen-bond acceptors (Lipinski definition) is 1. The van der Waals surface area contributed by atoms with Gasteiger partial charge in [0.15, 0.2) is 17.3 Å². The van der Waals surface area contributed by atoms with E-state index < -0.39 is 12.8 Å². The van der Waals surface area contributed by atoms with Crippen LogP contribution in [0.4, 0.5) is 13.0 Å². The van der Waals surface area contributed by atoms with Crippen LogP contribution in [-0.4, -0.2) is 27.7 Å². The molecule has 0 radical (unpaired) electrons. The zero-order chi connectivity index (χ0) is 18.8. The maximum atomic E-state index is 15.2. The van der Waals surface area contributed by atoms with Gasteiger partial charge >= 0.3 is 6.97 Å². The predicted molar refractivity (Wildman–Crippen MR) is 106 cm³/mol. The Kier molecular flexibility index (Phi) is 4.28. The van der Waals surface area contributed by atoms with Gasteiger partial charge in [0, 0.05) is 43.8 Å². The van der Waals surface area contributed by atoms with E-state index in [-0.39, 0.29) is 31.9 Å². The summed E-state index contributed by atoms with van der Waals surface area (Å²) in [6, 6.07) is 6.18. The molecule has 26 heavy (non-hydrogen) atoms. The summed E-state index contributed by atoms with van der Waals surface area (Å²) in [4.78, 5) is 0. The number of rotatable bonds is 2. The van der Waals surface area contributed by atoms with E-state index in [9.17, 15) is 0 Å².